The van der Waals surface area contributed by atoms with Gasteiger partial charge >= 0.3 is 13.7 Å². The number of benzene rings is 1. The average Bonchev–Trinajstić information content (AvgIpc) is 3.10. The van der Waals surface area contributed by atoms with Gasteiger partial charge in [0.2, 0.25) is 5.95 Å². The number of aromatic nitrogens is 4. The number of hydrogen-bond acceptors (Lipinski definition) is 13. The second-order valence-electron chi connectivity index (χ2n) is 9.42. The molecular formula is C22H29N8O7P. The second kappa shape index (κ2) is 9.45. The molecule has 0 bridgehead atoms. The van der Waals surface area contributed by atoms with Crippen LogP contribution < -0.4 is 26.8 Å². The van der Waals surface area contributed by atoms with E-state index in [1.165, 1.54) is 17.8 Å². The molecule has 38 heavy (non-hydrogen) atoms. The second-order valence-corrected chi connectivity index (χ2v) is 11.1. The van der Waals surface area contributed by atoms with Crippen LogP contribution >= 0.6 is 7.75 Å². The molecule has 3 heterocycles. The van der Waals surface area contributed by atoms with Crippen molar-refractivity contribution in [2.45, 2.75) is 63.0 Å². The number of esters is 1. The van der Waals surface area contributed by atoms with E-state index >= 15 is 0 Å². The first-order chi connectivity index (χ1) is 17.9. The van der Waals surface area contributed by atoms with Crippen LogP contribution in [0, 0.1) is 0 Å². The molecule has 2 aliphatic rings. The number of aliphatic hydroxyl groups is 1. The van der Waals surface area contributed by atoms with Crippen LogP contribution in [0.25, 0.3) is 11.2 Å². The highest BCUT2D eigenvalue weighted by Gasteiger charge is 2.78. The number of nitrogen functional groups attached to an aromatic ring is 2. The van der Waals surface area contributed by atoms with E-state index in [1.807, 2.05) is 0 Å². The summed E-state index contributed by atoms with van der Waals surface area (Å²) in [5, 5.41) is 13.9. The molecule has 7 atom stereocenters. The van der Waals surface area contributed by atoms with Crippen molar-refractivity contribution < 1.29 is 33.0 Å². The number of carbonyl (C=O) groups excluding carboxylic acids is 1. The van der Waals surface area contributed by atoms with Gasteiger partial charge in [0.25, 0.3) is 0 Å². The summed E-state index contributed by atoms with van der Waals surface area (Å²) in [5.74, 6) is -0.425. The number of ether oxygens (including phenoxy) is 2. The highest BCUT2D eigenvalue weighted by atomic mass is 31.2. The molecule has 1 aromatic carbocycles. The molecule has 1 aliphatic carbocycles. The fourth-order valence-electron chi connectivity index (χ4n) is 4.35. The van der Waals surface area contributed by atoms with Gasteiger partial charge < -0.3 is 36.3 Å². The van der Waals surface area contributed by atoms with E-state index < -0.39 is 49.8 Å². The van der Waals surface area contributed by atoms with Crippen LogP contribution in [0.15, 0.2) is 36.7 Å². The Bertz CT molecular complexity index is 1410. The van der Waals surface area contributed by atoms with Crippen molar-refractivity contribution in [2.24, 2.45) is 5.73 Å². The molecule has 3 aromatic rings. The van der Waals surface area contributed by atoms with E-state index in [1.54, 1.807) is 44.2 Å². The Kier molecular flexibility index (Phi) is 6.54. The Hall–Kier alpha value is -3.33. The van der Waals surface area contributed by atoms with Gasteiger partial charge in [0.05, 0.1) is 18.5 Å². The van der Waals surface area contributed by atoms with E-state index in [9.17, 15) is 14.5 Å². The molecule has 16 heteroatoms. The van der Waals surface area contributed by atoms with Crippen LogP contribution in [-0.4, -0.2) is 66.6 Å². The molecule has 5 rings (SSSR count). The summed E-state index contributed by atoms with van der Waals surface area (Å²) in [5.41, 5.74) is 16.8. The summed E-state index contributed by atoms with van der Waals surface area (Å²) in [6.07, 6.45) is -2.00. The third-order valence-corrected chi connectivity index (χ3v) is 7.88. The van der Waals surface area contributed by atoms with Gasteiger partial charge in [0.1, 0.15) is 35.1 Å². The van der Waals surface area contributed by atoms with Crippen molar-refractivity contribution >= 4 is 36.6 Å². The van der Waals surface area contributed by atoms with E-state index in [0.29, 0.717) is 5.52 Å². The topological polar surface area (TPSA) is 225 Å². The number of para-hydroxylation sites is 1. The van der Waals surface area contributed by atoms with Gasteiger partial charge in [-0.1, -0.05) is 18.2 Å². The maximum absolute atomic E-state index is 13.8. The maximum atomic E-state index is 13.8. The first-order valence-electron chi connectivity index (χ1n) is 11.8. The van der Waals surface area contributed by atoms with Gasteiger partial charge in [-0.3, -0.25) is 13.9 Å². The summed E-state index contributed by atoms with van der Waals surface area (Å²) in [6, 6.07) is 6.13. The van der Waals surface area contributed by atoms with E-state index in [0.717, 1.165) is 0 Å². The number of anilines is 2. The van der Waals surface area contributed by atoms with Crippen LogP contribution in [0.3, 0.4) is 0 Å². The molecule has 1 saturated heterocycles. The van der Waals surface area contributed by atoms with Gasteiger partial charge in [-0.15, -0.1) is 0 Å². The van der Waals surface area contributed by atoms with Crippen LogP contribution in [0.5, 0.6) is 5.75 Å². The van der Waals surface area contributed by atoms with E-state index in [4.69, 9.17) is 35.7 Å². The highest BCUT2D eigenvalue weighted by molar-refractivity contribution is 7.52. The molecule has 2 fully saturated rings. The summed E-state index contributed by atoms with van der Waals surface area (Å²) in [7, 11) is -4.26. The minimum atomic E-state index is -4.26. The van der Waals surface area contributed by atoms with Crippen LogP contribution in [0.1, 0.15) is 27.0 Å². The molecule has 0 amide bonds. The lowest BCUT2D eigenvalue weighted by Gasteiger charge is -2.27. The van der Waals surface area contributed by atoms with Gasteiger partial charge in [0, 0.05) is 0 Å². The Balaban J connectivity index is 1.36. The summed E-state index contributed by atoms with van der Waals surface area (Å²) in [4.78, 5) is 24.6. The number of imidazole rings is 1. The SMILES string of the molecule is CC(C)OC(=O)[C@@H](C)NP(=O)(Oc1ccccc1)OC1[C@H]2O[C@@H](n3cnc4c(N)nc(N)nc43)[C@H](N)[C@@]12O. The van der Waals surface area contributed by atoms with Gasteiger partial charge in [-0.05, 0) is 32.9 Å². The lowest BCUT2D eigenvalue weighted by Crippen LogP contribution is -2.44. The maximum Gasteiger partial charge on any atom is 0.459 e. The monoisotopic (exact) mass is 548 g/mol. The minimum Gasteiger partial charge on any atom is -0.462 e. The number of rotatable bonds is 9. The van der Waals surface area contributed by atoms with Crippen LogP contribution in [0.2, 0.25) is 0 Å². The molecule has 1 aliphatic heterocycles. The average molecular weight is 548 g/mol. The van der Waals surface area contributed by atoms with Gasteiger partial charge in [-0.25, -0.2) is 9.55 Å². The van der Waals surface area contributed by atoms with Crippen molar-refractivity contribution in [3.63, 3.8) is 0 Å². The van der Waals surface area contributed by atoms with E-state index in [2.05, 4.69) is 20.0 Å². The Morgan fingerprint density at radius 1 is 1.24 bits per heavy atom. The smallest absolute Gasteiger partial charge is 0.459 e. The minimum absolute atomic E-state index is 0.0661. The largest absolute Gasteiger partial charge is 0.462 e. The number of nitrogens with zero attached hydrogens (tertiary/aromatic N) is 4. The van der Waals surface area contributed by atoms with Crippen molar-refractivity contribution in [1.82, 2.24) is 24.6 Å². The number of fused-ring (bicyclic) bond motifs is 2. The van der Waals surface area contributed by atoms with Gasteiger partial charge in [-0.2, -0.15) is 15.1 Å². The van der Waals surface area contributed by atoms with Crippen LogP contribution in [-0.2, 0) is 23.4 Å². The molecule has 0 radical (unpaired) electrons. The number of nitrogens with one attached hydrogen (secondary N) is 1. The predicted octanol–water partition coefficient (Wildman–Crippen LogP) is 0.462. The highest BCUT2D eigenvalue weighted by Crippen LogP contribution is 2.60. The lowest BCUT2D eigenvalue weighted by molar-refractivity contribution is -0.149. The molecular weight excluding hydrogens is 519 g/mol. The van der Waals surface area contributed by atoms with Crippen molar-refractivity contribution in [3.8, 4) is 5.75 Å². The molecule has 0 spiro atoms. The van der Waals surface area contributed by atoms with E-state index in [-0.39, 0.29) is 29.3 Å². The van der Waals surface area contributed by atoms with Gasteiger partial charge in [0.15, 0.2) is 17.7 Å². The van der Waals surface area contributed by atoms with Crippen molar-refractivity contribution in [2.75, 3.05) is 11.5 Å². The first kappa shape index (κ1) is 26.3. The number of hydrogen-bond donors (Lipinski definition) is 5. The zero-order chi connectivity index (χ0) is 27.4. The summed E-state index contributed by atoms with van der Waals surface area (Å²) in [6.45, 7) is 4.84. The molecule has 8 N–H and O–H groups in total. The molecule has 2 unspecified atom stereocenters. The quantitative estimate of drug-likeness (QED) is 0.181. The standard InChI is InChI=1S/C22H29N8O7P/c1-10(2)34-20(31)11(3)29-38(33,36-12-7-5-4-6-8-12)37-16-15-22(16,32)14(23)19(35-15)30-9-26-13-17(24)27-21(25)28-18(13)30/h4-11,14-16,19,32H,23H2,1-3H3,(H,29,33)(H4,24,25,27,28)/t11-,14+,15-,16?,19-,22+,38?/m1/s1. The Labute approximate surface area is 217 Å². The molecule has 15 nitrogen and oxygen atoms in total. The Morgan fingerprint density at radius 3 is 2.58 bits per heavy atom. The Morgan fingerprint density at radius 2 is 1.95 bits per heavy atom. The fourth-order valence-corrected chi connectivity index (χ4v) is 6.06. The third kappa shape index (κ3) is 4.57. The fraction of sp³-hybridized carbons (Fsp3) is 0.455. The lowest BCUT2D eigenvalue weighted by atomic mass is 10.1. The van der Waals surface area contributed by atoms with Crippen LogP contribution in [0.4, 0.5) is 11.8 Å². The zero-order valence-corrected chi connectivity index (χ0v) is 21.7. The zero-order valence-electron chi connectivity index (χ0n) is 20.8. The third-order valence-electron chi connectivity index (χ3n) is 6.22. The summed E-state index contributed by atoms with van der Waals surface area (Å²) < 4.78 is 37.9. The predicted molar refractivity (Wildman–Crippen MR) is 134 cm³/mol. The molecule has 204 valence electrons. The van der Waals surface area contributed by atoms with Crippen molar-refractivity contribution in [1.29, 1.82) is 0 Å². The number of nitrogens with two attached hydrogens (primary N) is 3. The number of carbonyl (C=O) groups is 1. The normalized spacial score (nSPS) is 28.6. The van der Waals surface area contributed by atoms with Crippen molar-refractivity contribution in [3.05, 3.63) is 36.7 Å². The molecule has 2 aromatic heterocycles. The first-order valence-corrected chi connectivity index (χ1v) is 13.4. The molecule has 1 saturated carbocycles. The summed E-state index contributed by atoms with van der Waals surface area (Å²) >= 11 is 0.